The molecule has 4 heteroatoms. The van der Waals surface area contributed by atoms with Gasteiger partial charge in [-0.1, -0.05) is 27.7 Å². The van der Waals surface area contributed by atoms with Crippen molar-refractivity contribution < 1.29 is 13.6 Å². The van der Waals surface area contributed by atoms with E-state index in [9.17, 15) is 13.6 Å². The van der Waals surface area contributed by atoms with E-state index in [-0.39, 0.29) is 11.3 Å². The Kier molecular flexibility index (Phi) is 3.08. The van der Waals surface area contributed by atoms with Crippen LogP contribution in [0.3, 0.4) is 0 Å². The molecule has 0 unspecified atom stereocenters. The third kappa shape index (κ3) is 2.89. The molecule has 0 atom stereocenters. The van der Waals surface area contributed by atoms with E-state index >= 15 is 0 Å². The Morgan fingerprint density at radius 1 is 1.40 bits per heavy atom. The summed E-state index contributed by atoms with van der Waals surface area (Å²) in [6.07, 6.45) is 0.348. The zero-order valence-corrected chi connectivity index (χ0v) is 9.81. The van der Waals surface area contributed by atoms with E-state index < -0.39 is 19.0 Å². The highest BCUT2D eigenvalue weighted by atomic mass is 19.3. The van der Waals surface area contributed by atoms with E-state index in [0.717, 1.165) is 0 Å². The topological polar surface area (TPSA) is 20.3 Å². The second kappa shape index (κ2) is 3.72. The van der Waals surface area contributed by atoms with Gasteiger partial charge in [-0.2, -0.15) is 0 Å². The van der Waals surface area contributed by atoms with E-state index in [1.165, 1.54) is 4.90 Å². The number of rotatable bonds is 3. The summed E-state index contributed by atoms with van der Waals surface area (Å²) in [4.78, 5) is 12.9. The van der Waals surface area contributed by atoms with Gasteiger partial charge in [0.05, 0.1) is 13.1 Å². The molecule has 0 radical (unpaired) electrons. The van der Waals surface area contributed by atoms with Crippen LogP contribution in [0.15, 0.2) is 0 Å². The van der Waals surface area contributed by atoms with Gasteiger partial charge in [-0.3, -0.25) is 4.79 Å². The lowest BCUT2D eigenvalue weighted by molar-refractivity contribution is -0.168. The Morgan fingerprint density at radius 2 is 1.87 bits per heavy atom. The number of halogens is 2. The molecule has 1 saturated heterocycles. The fraction of sp³-hybridized carbons (Fsp3) is 0.909. The summed E-state index contributed by atoms with van der Waals surface area (Å²) in [6, 6.07) is 0. The standard InChI is InChI=1S/C11H19F2NO/c1-8(2)10(3,4)5-9(15)14-6-11(12,13)7-14/h8H,5-7H2,1-4H3. The molecule has 1 rings (SSSR count). The molecule has 1 amide bonds. The van der Waals surface area contributed by atoms with Crippen LogP contribution in [-0.2, 0) is 4.79 Å². The lowest BCUT2D eigenvalue weighted by Gasteiger charge is -2.41. The maximum Gasteiger partial charge on any atom is 0.282 e. The molecule has 0 aromatic carbocycles. The molecule has 1 aliphatic heterocycles. The smallest absolute Gasteiger partial charge is 0.282 e. The number of carbonyl (C=O) groups excluding carboxylic acids is 1. The van der Waals surface area contributed by atoms with E-state index in [2.05, 4.69) is 0 Å². The molecule has 1 fully saturated rings. The molecule has 0 aromatic heterocycles. The molecule has 0 saturated carbocycles. The first kappa shape index (κ1) is 12.4. The van der Waals surface area contributed by atoms with Gasteiger partial charge >= 0.3 is 0 Å². The molecule has 0 spiro atoms. The molecule has 88 valence electrons. The van der Waals surface area contributed by atoms with Crippen LogP contribution in [0.5, 0.6) is 0 Å². The second-order valence-corrected chi connectivity index (χ2v) is 5.43. The molecule has 0 aliphatic carbocycles. The quantitative estimate of drug-likeness (QED) is 0.714. The summed E-state index contributed by atoms with van der Waals surface area (Å²) in [6.45, 7) is 7.26. The Labute approximate surface area is 89.6 Å². The van der Waals surface area contributed by atoms with Gasteiger partial charge in [-0.25, -0.2) is 8.78 Å². The Morgan fingerprint density at radius 3 is 2.20 bits per heavy atom. The van der Waals surface area contributed by atoms with Crippen molar-refractivity contribution in [1.82, 2.24) is 4.90 Å². The number of nitrogens with zero attached hydrogens (tertiary/aromatic N) is 1. The minimum Gasteiger partial charge on any atom is -0.330 e. The Balaban J connectivity index is 2.44. The number of hydrogen-bond acceptors (Lipinski definition) is 1. The van der Waals surface area contributed by atoms with Gasteiger partial charge in [0.15, 0.2) is 0 Å². The van der Waals surface area contributed by atoms with Crippen LogP contribution in [-0.4, -0.2) is 29.8 Å². The first-order valence-corrected chi connectivity index (χ1v) is 5.30. The number of likely N-dealkylation sites (tertiary alicyclic amines) is 1. The average molecular weight is 219 g/mol. The fourth-order valence-corrected chi connectivity index (χ4v) is 1.39. The molecule has 15 heavy (non-hydrogen) atoms. The van der Waals surface area contributed by atoms with Crippen LogP contribution in [0.25, 0.3) is 0 Å². The summed E-state index contributed by atoms with van der Waals surface area (Å²) in [5.74, 6) is -2.44. The van der Waals surface area contributed by atoms with Crippen molar-refractivity contribution in [1.29, 1.82) is 0 Å². The van der Waals surface area contributed by atoms with Gasteiger partial charge in [0.2, 0.25) is 5.91 Å². The predicted octanol–water partition coefficient (Wildman–Crippen LogP) is 2.54. The number of hydrogen-bond donors (Lipinski definition) is 0. The summed E-state index contributed by atoms with van der Waals surface area (Å²) in [5, 5.41) is 0. The van der Waals surface area contributed by atoms with Crippen molar-refractivity contribution in [3.05, 3.63) is 0 Å². The van der Waals surface area contributed by atoms with E-state index in [1.54, 1.807) is 0 Å². The highest BCUT2D eigenvalue weighted by Crippen LogP contribution is 2.33. The molecular formula is C11H19F2NO. The zero-order valence-electron chi connectivity index (χ0n) is 9.81. The number of carbonyl (C=O) groups is 1. The maximum atomic E-state index is 12.5. The highest BCUT2D eigenvalue weighted by Gasteiger charge is 2.46. The van der Waals surface area contributed by atoms with Crippen molar-refractivity contribution in [2.45, 2.75) is 40.0 Å². The third-order valence-electron chi connectivity index (χ3n) is 3.37. The summed E-state index contributed by atoms with van der Waals surface area (Å²) < 4.78 is 25.1. The Bertz CT molecular complexity index is 253. The molecular weight excluding hydrogens is 200 g/mol. The van der Waals surface area contributed by atoms with Crippen LogP contribution in [0.4, 0.5) is 8.78 Å². The second-order valence-electron chi connectivity index (χ2n) is 5.43. The van der Waals surface area contributed by atoms with Gasteiger partial charge in [-0.15, -0.1) is 0 Å². The van der Waals surface area contributed by atoms with Gasteiger partial charge in [-0.05, 0) is 11.3 Å². The first-order chi connectivity index (χ1) is 6.64. The van der Waals surface area contributed by atoms with Gasteiger partial charge in [0, 0.05) is 6.42 Å². The van der Waals surface area contributed by atoms with Crippen LogP contribution in [0, 0.1) is 11.3 Å². The lowest BCUT2D eigenvalue weighted by atomic mass is 9.78. The number of amides is 1. The van der Waals surface area contributed by atoms with Gasteiger partial charge < -0.3 is 4.90 Å². The molecule has 1 heterocycles. The van der Waals surface area contributed by atoms with E-state index in [4.69, 9.17) is 0 Å². The molecule has 0 aromatic rings. The summed E-state index contributed by atoms with van der Waals surface area (Å²) >= 11 is 0. The van der Waals surface area contributed by atoms with Crippen molar-refractivity contribution in [2.24, 2.45) is 11.3 Å². The van der Waals surface area contributed by atoms with Crippen molar-refractivity contribution in [2.75, 3.05) is 13.1 Å². The molecule has 0 N–H and O–H groups in total. The SMILES string of the molecule is CC(C)C(C)(C)CC(=O)N1CC(F)(F)C1. The molecule has 1 aliphatic rings. The first-order valence-electron chi connectivity index (χ1n) is 5.30. The summed E-state index contributed by atoms with van der Waals surface area (Å²) in [5.41, 5.74) is -0.123. The minimum absolute atomic E-state index is 0.123. The van der Waals surface area contributed by atoms with Crippen LogP contribution < -0.4 is 0 Å². The lowest BCUT2D eigenvalue weighted by Crippen LogP contribution is -2.59. The van der Waals surface area contributed by atoms with Crippen molar-refractivity contribution in [3.8, 4) is 0 Å². The summed E-state index contributed by atoms with van der Waals surface area (Å²) in [7, 11) is 0. The van der Waals surface area contributed by atoms with E-state index in [1.807, 2.05) is 27.7 Å². The Hall–Kier alpha value is -0.670. The number of alkyl halides is 2. The fourth-order valence-electron chi connectivity index (χ4n) is 1.39. The maximum absolute atomic E-state index is 12.5. The van der Waals surface area contributed by atoms with Crippen LogP contribution >= 0.6 is 0 Å². The molecule has 0 bridgehead atoms. The minimum atomic E-state index is -2.66. The predicted molar refractivity (Wildman–Crippen MR) is 54.8 cm³/mol. The zero-order chi connectivity index (χ0) is 11.9. The van der Waals surface area contributed by atoms with Crippen LogP contribution in [0.1, 0.15) is 34.1 Å². The van der Waals surface area contributed by atoms with Gasteiger partial charge in [0.1, 0.15) is 0 Å². The highest BCUT2D eigenvalue weighted by molar-refractivity contribution is 5.78. The average Bonchev–Trinajstić information content (AvgIpc) is 1.98. The third-order valence-corrected chi connectivity index (χ3v) is 3.37. The normalized spacial score (nSPS) is 20.3. The van der Waals surface area contributed by atoms with Crippen molar-refractivity contribution in [3.63, 3.8) is 0 Å². The van der Waals surface area contributed by atoms with E-state index in [0.29, 0.717) is 12.3 Å². The van der Waals surface area contributed by atoms with Gasteiger partial charge in [0.25, 0.3) is 5.92 Å². The molecule has 2 nitrogen and oxygen atoms in total. The van der Waals surface area contributed by atoms with Crippen LogP contribution in [0.2, 0.25) is 0 Å². The van der Waals surface area contributed by atoms with Crippen molar-refractivity contribution >= 4 is 5.91 Å². The largest absolute Gasteiger partial charge is 0.330 e. The monoisotopic (exact) mass is 219 g/mol.